The molecule has 3 rings (SSSR count). The minimum atomic E-state index is -0.149. The third-order valence-corrected chi connectivity index (χ3v) is 4.15. The molecule has 0 spiro atoms. The third kappa shape index (κ3) is 2.40. The van der Waals surface area contributed by atoms with Crippen LogP contribution in [0.2, 0.25) is 0 Å². The largest absolute Gasteiger partial charge is 0.361 e. The molecular formula is C17H19N3O3. The number of carbonyl (C=O) groups is 2. The van der Waals surface area contributed by atoms with E-state index in [1.807, 2.05) is 31.2 Å². The average Bonchev–Trinajstić information content (AvgIpc) is 2.84. The van der Waals surface area contributed by atoms with Crippen molar-refractivity contribution in [1.82, 2.24) is 5.16 Å². The molecule has 23 heavy (non-hydrogen) atoms. The van der Waals surface area contributed by atoms with Crippen LogP contribution in [0.4, 0.5) is 11.4 Å². The minimum absolute atomic E-state index is 0.0330. The summed E-state index contributed by atoms with van der Waals surface area (Å²) in [5.74, 6) is 0.324. The molecule has 2 aromatic rings. The Bertz CT molecular complexity index is 762. The molecule has 1 aliphatic heterocycles. The van der Waals surface area contributed by atoms with Gasteiger partial charge in [0.05, 0.1) is 23.1 Å². The number of benzene rings is 1. The minimum Gasteiger partial charge on any atom is -0.361 e. The van der Waals surface area contributed by atoms with E-state index in [-0.39, 0.29) is 17.9 Å². The summed E-state index contributed by atoms with van der Waals surface area (Å²) in [7, 11) is 0. The Morgan fingerprint density at radius 2 is 1.87 bits per heavy atom. The molecule has 6 heteroatoms. The summed E-state index contributed by atoms with van der Waals surface area (Å²) in [6.45, 7) is 7.39. The van der Waals surface area contributed by atoms with Crippen molar-refractivity contribution >= 4 is 23.2 Å². The van der Waals surface area contributed by atoms with Crippen molar-refractivity contribution in [2.45, 2.75) is 33.7 Å². The number of anilines is 2. The number of carbonyl (C=O) groups excluding carboxylic acids is 2. The SMILES string of the molecule is CC(=O)N1c2ccccc2N(C(=O)c2c(C)noc2C)C[C@@H]1C. The van der Waals surface area contributed by atoms with Gasteiger partial charge in [-0.05, 0) is 32.9 Å². The number of hydrogen-bond acceptors (Lipinski definition) is 4. The number of para-hydroxylation sites is 2. The van der Waals surface area contributed by atoms with Crippen LogP contribution in [-0.2, 0) is 4.79 Å². The van der Waals surface area contributed by atoms with E-state index in [2.05, 4.69) is 5.16 Å². The second-order valence-electron chi connectivity index (χ2n) is 5.84. The standard InChI is InChI=1S/C17H19N3O3/c1-10-9-19(17(22)16-11(2)18-23-12(16)3)14-7-5-6-8-15(14)20(10)13(4)21/h5-8,10H,9H2,1-4H3/t10-/m0/s1. The molecule has 120 valence electrons. The highest BCUT2D eigenvalue weighted by atomic mass is 16.5. The molecule has 2 heterocycles. The molecule has 0 bridgehead atoms. The number of fused-ring (bicyclic) bond motifs is 1. The van der Waals surface area contributed by atoms with E-state index in [1.165, 1.54) is 0 Å². The number of nitrogens with zero attached hydrogens (tertiary/aromatic N) is 3. The topological polar surface area (TPSA) is 66.7 Å². The zero-order chi connectivity index (χ0) is 16.7. The van der Waals surface area contributed by atoms with Crippen LogP contribution in [0.5, 0.6) is 0 Å². The Hall–Kier alpha value is -2.63. The van der Waals surface area contributed by atoms with Gasteiger partial charge in [-0.1, -0.05) is 17.3 Å². The highest BCUT2D eigenvalue weighted by Gasteiger charge is 2.35. The van der Waals surface area contributed by atoms with Crippen LogP contribution < -0.4 is 9.80 Å². The van der Waals surface area contributed by atoms with E-state index in [0.29, 0.717) is 23.6 Å². The molecule has 0 aliphatic carbocycles. The fourth-order valence-electron chi connectivity index (χ4n) is 3.17. The molecule has 0 radical (unpaired) electrons. The Balaban J connectivity index is 2.09. The van der Waals surface area contributed by atoms with E-state index in [4.69, 9.17) is 4.52 Å². The molecule has 0 N–H and O–H groups in total. The number of amides is 2. The zero-order valence-corrected chi connectivity index (χ0v) is 13.7. The molecule has 0 unspecified atom stereocenters. The fourth-order valence-corrected chi connectivity index (χ4v) is 3.17. The second-order valence-corrected chi connectivity index (χ2v) is 5.84. The van der Waals surface area contributed by atoms with Gasteiger partial charge in [-0.25, -0.2) is 0 Å². The zero-order valence-electron chi connectivity index (χ0n) is 13.7. The molecule has 1 aromatic heterocycles. The Kier molecular flexibility index (Phi) is 3.67. The van der Waals surface area contributed by atoms with E-state index in [1.54, 1.807) is 30.6 Å². The lowest BCUT2D eigenvalue weighted by Gasteiger charge is -2.40. The lowest BCUT2D eigenvalue weighted by Crippen LogP contribution is -2.51. The molecule has 2 amide bonds. The first-order chi connectivity index (χ1) is 10.9. The Morgan fingerprint density at radius 3 is 2.43 bits per heavy atom. The Labute approximate surface area is 134 Å². The predicted octanol–water partition coefficient (Wildman–Crippen LogP) is 2.69. The average molecular weight is 313 g/mol. The number of aromatic nitrogens is 1. The van der Waals surface area contributed by atoms with Crippen LogP contribution in [0, 0.1) is 13.8 Å². The first kappa shape index (κ1) is 15.3. The molecule has 1 aromatic carbocycles. The van der Waals surface area contributed by atoms with Crippen LogP contribution >= 0.6 is 0 Å². The van der Waals surface area contributed by atoms with Gasteiger partial charge in [0, 0.05) is 13.5 Å². The van der Waals surface area contributed by atoms with E-state index >= 15 is 0 Å². The van der Waals surface area contributed by atoms with Crippen LogP contribution in [0.1, 0.15) is 35.7 Å². The van der Waals surface area contributed by atoms with E-state index in [9.17, 15) is 9.59 Å². The van der Waals surface area contributed by atoms with Crippen molar-refractivity contribution in [2.24, 2.45) is 0 Å². The fraction of sp³-hybridized carbons (Fsp3) is 0.353. The summed E-state index contributed by atoms with van der Waals surface area (Å²) < 4.78 is 5.12. The van der Waals surface area contributed by atoms with Gasteiger partial charge in [0.1, 0.15) is 11.3 Å². The first-order valence-corrected chi connectivity index (χ1v) is 7.55. The van der Waals surface area contributed by atoms with Crippen molar-refractivity contribution in [1.29, 1.82) is 0 Å². The maximum atomic E-state index is 13.0. The number of rotatable bonds is 1. The summed E-state index contributed by atoms with van der Waals surface area (Å²) in [6, 6.07) is 7.34. The van der Waals surface area contributed by atoms with Crippen LogP contribution in [0.3, 0.4) is 0 Å². The third-order valence-electron chi connectivity index (χ3n) is 4.15. The lowest BCUT2D eigenvalue weighted by molar-refractivity contribution is -0.117. The van der Waals surface area contributed by atoms with Crippen molar-refractivity contribution in [3.63, 3.8) is 0 Å². The maximum absolute atomic E-state index is 13.0. The van der Waals surface area contributed by atoms with E-state index < -0.39 is 0 Å². The van der Waals surface area contributed by atoms with Gasteiger partial charge in [-0.15, -0.1) is 0 Å². The molecule has 0 saturated heterocycles. The highest BCUT2D eigenvalue weighted by molar-refractivity contribution is 6.11. The summed E-state index contributed by atoms with van der Waals surface area (Å²) in [4.78, 5) is 28.4. The molecule has 1 atom stereocenters. The second kappa shape index (κ2) is 5.53. The quantitative estimate of drug-likeness (QED) is 0.812. The van der Waals surface area contributed by atoms with Crippen LogP contribution in [-0.4, -0.2) is 29.6 Å². The van der Waals surface area contributed by atoms with Crippen LogP contribution in [0.15, 0.2) is 28.8 Å². The van der Waals surface area contributed by atoms with Crippen molar-refractivity contribution < 1.29 is 14.1 Å². The summed E-state index contributed by atoms with van der Waals surface area (Å²) in [6.07, 6.45) is 0. The van der Waals surface area contributed by atoms with Crippen molar-refractivity contribution in [3.8, 4) is 0 Å². The number of hydrogen-bond donors (Lipinski definition) is 0. The monoisotopic (exact) mass is 313 g/mol. The van der Waals surface area contributed by atoms with E-state index in [0.717, 1.165) is 11.4 Å². The number of aryl methyl sites for hydroxylation is 2. The smallest absolute Gasteiger partial charge is 0.263 e. The maximum Gasteiger partial charge on any atom is 0.263 e. The molecular weight excluding hydrogens is 294 g/mol. The molecule has 0 fully saturated rings. The van der Waals surface area contributed by atoms with Crippen LogP contribution in [0.25, 0.3) is 0 Å². The van der Waals surface area contributed by atoms with Gasteiger partial charge >= 0.3 is 0 Å². The summed E-state index contributed by atoms with van der Waals surface area (Å²) in [5, 5.41) is 3.86. The summed E-state index contributed by atoms with van der Waals surface area (Å²) in [5.41, 5.74) is 2.54. The van der Waals surface area contributed by atoms with Gasteiger partial charge in [-0.2, -0.15) is 0 Å². The van der Waals surface area contributed by atoms with Gasteiger partial charge in [0.25, 0.3) is 5.91 Å². The van der Waals surface area contributed by atoms with Crippen molar-refractivity contribution in [2.75, 3.05) is 16.3 Å². The highest BCUT2D eigenvalue weighted by Crippen LogP contribution is 2.36. The Morgan fingerprint density at radius 1 is 1.22 bits per heavy atom. The molecule has 0 saturated carbocycles. The van der Waals surface area contributed by atoms with Gasteiger partial charge in [0.2, 0.25) is 5.91 Å². The molecule has 6 nitrogen and oxygen atoms in total. The van der Waals surface area contributed by atoms with Crippen molar-refractivity contribution in [3.05, 3.63) is 41.3 Å². The first-order valence-electron chi connectivity index (χ1n) is 7.55. The normalized spacial score (nSPS) is 17.1. The lowest BCUT2D eigenvalue weighted by atomic mass is 10.1. The summed E-state index contributed by atoms with van der Waals surface area (Å²) >= 11 is 0. The predicted molar refractivity (Wildman–Crippen MR) is 86.7 cm³/mol. The molecule has 1 aliphatic rings. The van der Waals surface area contributed by atoms with Gasteiger partial charge in [0.15, 0.2) is 0 Å². The van der Waals surface area contributed by atoms with Gasteiger partial charge < -0.3 is 14.3 Å². The van der Waals surface area contributed by atoms with Gasteiger partial charge in [-0.3, -0.25) is 9.59 Å².